The molecule has 0 spiro atoms. The molecule has 0 saturated heterocycles. The maximum Gasteiger partial charge on any atom is 0.261 e. The number of aromatic nitrogens is 1. The van der Waals surface area contributed by atoms with Gasteiger partial charge in [0, 0.05) is 17.8 Å². The molecule has 2 N–H and O–H groups in total. The lowest BCUT2D eigenvalue weighted by molar-refractivity contribution is -0.127. The fraction of sp³-hybridized carbons (Fsp3) is 0.278. The summed E-state index contributed by atoms with van der Waals surface area (Å²) in [5.74, 6) is 0.109. The zero-order chi connectivity index (χ0) is 17.7. The summed E-state index contributed by atoms with van der Waals surface area (Å²) in [7, 11) is 0. The van der Waals surface area contributed by atoms with E-state index in [0.717, 1.165) is 11.3 Å². The molecule has 0 fully saturated rings. The van der Waals surface area contributed by atoms with Crippen LogP contribution in [0.3, 0.4) is 0 Å². The van der Waals surface area contributed by atoms with Crippen molar-refractivity contribution >= 4 is 5.91 Å². The van der Waals surface area contributed by atoms with Crippen molar-refractivity contribution < 1.29 is 9.53 Å². The van der Waals surface area contributed by atoms with Gasteiger partial charge in [-0.2, -0.15) is 5.26 Å². The van der Waals surface area contributed by atoms with E-state index in [-0.39, 0.29) is 18.0 Å². The second kappa shape index (κ2) is 7.47. The number of carbonyl (C=O) groups excluding carboxylic acids is 1. The van der Waals surface area contributed by atoms with E-state index in [1.54, 1.807) is 31.2 Å². The first-order valence-corrected chi connectivity index (χ1v) is 7.54. The molecule has 1 atom stereocenters. The molecule has 0 aliphatic rings. The zero-order valence-corrected chi connectivity index (χ0v) is 13.8. The molecule has 0 unspecified atom stereocenters. The van der Waals surface area contributed by atoms with Gasteiger partial charge in [0.1, 0.15) is 5.75 Å². The van der Waals surface area contributed by atoms with E-state index in [1.165, 1.54) is 0 Å². The molecule has 0 aliphatic heterocycles. The van der Waals surface area contributed by atoms with E-state index >= 15 is 0 Å². The van der Waals surface area contributed by atoms with Crippen molar-refractivity contribution in [3.8, 4) is 11.8 Å². The summed E-state index contributed by atoms with van der Waals surface area (Å²) in [5.41, 5.74) is 2.38. The Labute approximate surface area is 140 Å². The molecule has 2 rings (SSSR count). The number of aromatic amines is 1. The van der Waals surface area contributed by atoms with Crippen molar-refractivity contribution in [2.75, 3.05) is 0 Å². The highest BCUT2D eigenvalue weighted by Gasteiger charge is 2.16. The molecule has 6 heteroatoms. The summed E-state index contributed by atoms with van der Waals surface area (Å²) in [6.07, 6.45) is -0.747. The summed E-state index contributed by atoms with van der Waals surface area (Å²) in [6, 6.07) is 10.5. The average Bonchev–Trinajstić information content (AvgIpc) is 2.53. The second-order valence-corrected chi connectivity index (χ2v) is 5.56. The predicted molar refractivity (Wildman–Crippen MR) is 89.6 cm³/mol. The first-order valence-electron chi connectivity index (χ1n) is 7.54. The number of aryl methyl sites for hydroxylation is 2. The third kappa shape index (κ3) is 4.23. The molecule has 6 nitrogen and oxygen atoms in total. The van der Waals surface area contributed by atoms with Crippen LogP contribution in [0, 0.1) is 25.2 Å². The number of nitrogens with zero attached hydrogens (tertiary/aromatic N) is 1. The number of nitriles is 1. The smallest absolute Gasteiger partial charge is 0.261 e. The van der Waals surface area contributed by atoms with Gasteiger partial charge in [-0.05, 0) is 50.6 Å². The lowest BCUT2D eigenvalue weighted by Gasteiger charge is -2.15. The normalized spacial score (nSPS) is 11.4. The molecule has 1 amide bonds. The van der Waals surface area contributed by atoms with Crippen molar-refractivity contribution in [1.29, 1.82) is 5.26 Å². The number of hydrogen-bond acceptors (Lipinski definition) is 4. The summed E-state index contributed by atoms with van der Waals surface area (Å²) in [6.45, 7) is 5.38. The molecule has 0 saturated carbocycles. The van der Waals surface area contributed by atoms with Crippen molar-refractivity contribution in [2.24, 2.45) is 0 Å². The molecule has 1 aromatic heterocycles. The Kier molecular flexibility index (Phi) is 5.38. The molecule has 0 aliphatic carbocycles. The maximum atomic E-state index is 12.2. The minimum Gasteiger partial charge on any atom is -0.481 e. The highest BCUT2D eigenvalue weighted by atomic mass is 16.5. The number of nitrogens with one attached hydrogen (secondary N) is 2. The molecule has 1 aromatic carbocycles. The number of benzene rings is 1. The highest BCUT2D eigenvalue weighted by molar-refractivity contribution is 5.80. The van der Waals surface area contributed by atoms with Crippen LogP contribution in [0.15, 0.2) is 35.1 Å². The van der Waals surface area contributed by atoms with Gasteiger partial charge in [-0.25, -0.2) is 0 Å². The summed E-state index contributed by atoms with van der Waals surface area (Å²) in [4.78, 5) is 26.8. The maximum absolute atomic E-state index is 12.2. The Morgan fingerprint density at radius 1 is 1.38 bits per heavy atom. The SMILES string of the molecule is Cc1cc(C)c(CNC(=O)[C@H](C)Oc2cccc(C#N)c2)c(=O)[nH]1. The van der Waals surface area contributed by atoms with E-state index < -0.39 is 6.10 Å². The molecule has 1 heterocycles. The molecular formula is C18H19N3O3. The molecule has 2 aromatic rings. The van der Waals surface area contributed by atoms with E-state index in [0.29, 0.717) is 16.9 Å². The molecule has 0 radical (unpaired) electrons. The number of ether oxygens (including phenoxy) is 1. The van der Waals surface area contributed by atoms with Crippen LogP contribution in [0.2, 0.25) is 0 Å². The summed E-state index contributed by atoms with van der Waals surface area (Å²) < 4.78 is 5.54. The number of pyridine rings is 1. The lowest BCUT2D eigenvalue weighted by Crippen LogP contribution is -2.37. The third-order valence-electron chi connectivity index (χ3n) is 3.58. The van der Waals surface area contributed by atoms with Crippen LogP contribution in [-0.2, 0) is 11.3 Å². The van der Waals surface area contributed by atoms with Crippen LogP contribution in [0.4, 0.5) is 0 Å². The van der Waals surface area contributed by atoms with E-state index in [4.69, 9.17) is 10.00 Å². The van der Waals surface area contributed by atoms with Crippen LogP contribution in [0.1, 0.15) is 29.3 Å². The van der Waals surface area contributed by atoms with Gasteiger partial charge < -0.3 is 15.0 Å². The van der Waals surface area contributed by atoms with Crippen molar-refractivity contribution in [1.82, 2.24) is 10.3 Å². The largest absolute Gasteiger partial charge is 0.481 e. The number of carbonyl (C=O) groups is 1. The predicted octanol–water partition coefficient (Wildman–Crippen LogP) is 1.95. The average molecular weight is 325 g/mol. The van der Waals surface area contributed by atoms with Gasteiger partial charge >= 0.3 is 0 Å². The van der Waals surface area contributed by atoms with Crippen molar-refractivity contribution in [2.45, 2.75) is 33.4 Å². The Hall–Kier alpha value is -3.07. The first kappa shape index (κ1) is 17.3. The number of hydrogen-bond donors (Lipinski definition) is 2. The van der Waals surface area contributed by atoms with Crippen molar-refractivity contribution in [3.05, 3.63) is 63.1 Å². The summed E-state index contributed by atoms with van der Waals surface area (Å²) >= 11 is 0. The third-order valence-corrected chi connectivity index (χ3v) is 3.58. The minimum absolute atomic E-state index is 0.131. The summed E-state index contributed by atoms with van der Waals surface area (Å²) in [5, 5.41) is 11.6. The lowest BCUT2D eigenvalue weighted by atomic mass is 10.1. The Morgan fingerprint density at radius 2 is 2.12 bits per heavy atom. The Bertz CT molecular complexity index is 849. The van der Waals surface area contributed by atoms with Crippen LogP contribution < -0.4 is 15.6 Å². The van der Waals surface area contributed by atoms with Crippen LogP contribution in [0.5, 0.6) is 5.75 Å². The van der Waals surface area contributed by atoms with Crippen LogP contribution in [0.25, 0.3) is 0 Å². The number of amides is 1. The molecule has 124 valence electrons. The quantitative estimate of drug-likeness (QED) is 0.878. The van der Waals surface area contributed by atoms with Gasteiger partial charge in [0.25, 0.3) is 11.5 Å². The monoisotopic (exact) mass is 325 g/mol. The zero-order valence-electron chi connectivity index (χ0n) is 13.8. The van der Waals surface area contributed by atoms with Gasteiger partial charge in [0.2, 0.25) is 0 Å². The van der Waals surface area contributed by atoms with Gasteiger partial charge in [0.15, 0.2) is 6.10 Å². The Balaban J connectivity index is 2.00. The molecule has 0 bridgehead atoms. The molecule has 24 heavy (non-hydrogen) atoms. The first-order chi connectivity index (χ1) is 11.4. The second-order valence-electron chi connectivity index (χ2n) is 5.56. The standard InChI is InChI=1S/C18H19N3O3/c1-11-7-12(2)21-18(23)16(11)10-20-17(22)13(3)24-15-6-4-5-14(8-15)9-19/h4-8,13H,10H2,1-3H3,(H,20,22)(H,21,23)/t13-/m0/s1. The number of rotatable bonds is 5. The molecular weight excluding hydrogens is 306 g/mol. The fourth-order valence-electron chi connectivity index (χ4n) is 2.32. The Morgan fingerprint density at radius 3 is 2.79 bits per heavy atom. The van der Waals surface area contributed by atoms with Gasteiger partial charge in [-0.3, -0.25) is 9.59 Å². The highest BCUT2D eigenvalue weighted by Crippen LogP contribution is 2.14. The fourth-order valence-corrected chi connectivity index (χ4v) is 2.32. The number of H-pyrrole nitrogens is 1. The topological polar surface area (TPSA) is 95.0 Å². The van der Waals surface area contributed by atoms with Gasteiger partial charge in [-0.1, -0.05) is 6.07 Å². The van der Waals surface area contributed by atoms with Crippen LogP contribution >= 0.6 is 0 Å². The van der Waals surface area contributed by atoms with E-state index in [9.17, 15) is 9.59 Å². The van der Waals surface area contributed by atoms with Crippen LogP contribution in [-0.4, -0.2) is 17.0 Å². The van der Waals surface area contributed by atoms with Gasteiger partial charge in [-0.15, -0.1) is 0 Å². The van der Waals surface area contributed by atoms with Gasteiger partial charge in [0.05, 0.1) is 11.6 Å². The van der Waals surface area contributed by atoms with E-state index in [1.807, 2.05) is 26.0 Å². The van der Waals surface area contributed by atoms with E-state index in [2.05, 4.69) is 10.3 Å². The van der Waals surface area contributed by atoms with Crippen molar-refractivity contribution in [3.63, 3.8) is 0 Å². The minimum atomic E-state index is -0.747.